The predicted molar refractivity (Wildman–Crippen MR) is 58.2 cm³/mol. The van der Waals surface area contributed by atoms with Crippen LogP contribution in [0.2, 0.25) is 0 Å². The number of carbonyl (C=O) groups is 1. The molecule has 1 aromatic rings. The number of sulfonamides is 1. The Hall–Kier alpha value is -1.40. The zero-order chi connectivity index (χ0) is 12.2. The molecule has 0 aromatic heterocycles. The van der Waals surface area contributed by atoms with Crippen molar-refractivity contribution in [2.75, 3.05) is 6.61 Å². The number of nitrogens with two attached hydrogens (primary N) is 1. The van der Waals surface area contributed by atoms with Crippen LogP contribution in [-0.4, -0.2) is 21.0 Å². The molecule has 0 amide bonds. The predicted octanol–water partition coefficient (Wildman–Crippen LogP) is 0.440. The molecule has 2 N–H and O–H groups in total. The van der Waals surface area contributed by atoms with Crippen LogP contribution >= 0.6 is 0 Å². The van der Waals surface area contributed by atoms with E-state index in [1.165, 1.54) is 24.3 Å². The molecule has 0 saturated carbocycles. The fraction of sp³-hybridized carbons (Fsp3) is 0.300. The summed E-state index contributed by atoms with van der Waals surface area (Å²) in [5.74, 6) is -0.342. The van der Waals surface area contributed by atoms with Gasteiger partial charge in [0.05, 0.1) is 17.9 Å². The van der Waals surface area contributed by atoms with Gasteiger partial charge < -0.3 is 4.74 Å². The Kier molecular flexibility index (Phi) is 4.03. The summed E-state index contributed by atoms with van der Waals surface area (Å²) in [7, 11) is -3.67. The maximum Gasteiger partial charge on any atom is 0.310 e. The Morgan fingerprint density at radius 3 is 2.31 bits per heavy atom. The summed E-state index contributed by atoms with van der Waals surface area (Å²) in [5, 5.41) is 4.94. The highest BCUT2D eigenvalue weighted by Crippen LogP contribution is 2.09. The molecule has 0 aliphatic rings. The van der Waals surface area contributed by atoms with Crippen molar-refractivity contribution in [1.82, 2.24) is 0 Å². The molecule has 0 atom stereocenters. The van der Waals surface area contributed by atoms with E-state index in [1.54, 1.807) is 6.92 Å². The highest BCUT2D eigenvalue weighted by atomic mass is 32.2. The van der Waals surface area contributed by atoms with Crippen LogP contribution in [0.15, 0.2) is 29.2 Å². The normalized spacial score (nSPS) is 11.1. The standard InChI is InChI=1S/C10H13NO4S/c1-2-15-10(12)7-8-3-5-9(6-4-8)16(11,13)14/h3-6H,2,7H2,1H3,(H2,11,13,14). The Bertz CT molecular complexity index is 464. The first-order valence-electron chi connectivity index (χ1n) is 4.71. The van der Waals surface area contributed by atoms with Gasteiger partial charge in [0.2, 0.25) is 10.0 Å². The van der Waals surface area contributed by atoms with Gasteiger partial charge >= 0.3 is 5.97 Å². The molecular formula is C10H13NO4S. The number of primary sulfonamides is 1. The Labute approximate surface area is 94.3 Å². The van der Waals surface area contributed by atoms with E-state index in [2.05, 4.69) is 0 Å². The highest BCUT2D eigenvalue weighted by Gasteiger charge is 2.08. The van der Waals surface area contributed by atoms with Crippen LogP contribution in [0.1, 0.15) is 12.5 Å². The van der Waals surface area contributed by atoms with Gasteiger partial charge in [0.15, 0.2) is 0 Å². The molecular weight excluding hydrogens is 230 g/mol. The summed E-state index contributed by atoms with van der Waals surface area (Å²) in [6.45, 7) is 2.05. The van der Waals surface area contributed by atoms with Crippen LogP contribution in [-0.2, 0) is 26.0 Å². The lowest BCUT2D eigenvalue weighted by Crippen LogP contribution is -2.12. The summed E-state index contributed by atoms with van der Waals surface area (Å²) in [4.78, 5) is 11.2. The minimum atomic E-state index is -3.67. The maximum atomic E-state index is 11.1. The fourth-order valence-corrected chi connectivity index (χ4v) is 1.69. The van der Waals surface area contributed by atoms with Crippen LogP contribution in [0.5, 0.6) is 0 Å². The molecule has 0 heterocycles. The average Bonchev–Trinajstić information content (AvgIpc) is 2.17. The number of esters is 1. The number of hydrogen-bond acceptors (Lipinski definition) is 4. The van der Waals surface area contributed by atoms with Gasteiger partial charge in [0, 0.05) is 0 Å². The zero-order valence-corrected chi connectivity index (χ0v) is 9.66. The van der Waals surface area contributed by atoms with Crippen LogP contribution < -0.4 is 5.14 Å². The van der Waals surface area contributed by atoms with Gasteiger partial charge in [0.1, 0.15) is 0 Å². The summed E-state index contributed by atoms with van der Waals surface area (Å²) in [6, 6.07) is 5.81. The van der Waals surface area contributed by atoms with Gasteiger partial charge in [-0.1, -0.05) is 12.1 Å². The lowest BCUT2D eigenvalue weighted by molar-refractivity contribution is -0.142. The minimum Gasteiger partial charge on any atom is -0.466 e. The number of benzene rings is 1. The quantitative estimate of drug-likeness (QED) is 0.777. The second kappa shape index (κ2) is 5.09. The largest absolute Gasteiger partial charge is 0.466 e. The first kappa shape index (κ1) is 12.7. The third-order valence-corrected chi connectivity index (χ3v) is 2.83. The maximum absolute atomic E-state index is 11.1. The Morgan fingerprint density at radius 2 is 1.88 bits per heavy atom. The summed E-state index contributed by atoms with van der Waals surface area (Å²) >= 11 is 0. The van der Waals surface area contributed by atoms with Crippen molar-refractivity contribution < 1.29 is 17.9 Å². The lowest BCUT2D eigenvalue weighted by Gasteiger charge is -2.03. The molecule has 0 fully saturated rings. The second-order valence-electron chi connectivity index (χ2n) is 3.17. The van der Waals surface area contributed by atoms with E-state index in [0.29, 0.717) is 12.2 Å². The van der Waals surface area contributed by atoms with Crippen LogP contribution in [0, 0.1) is 0 Å². The molecule has 16 heavy (non-hydrogen) atoms. The van der Waals surface area contributed by atoms with Crippen molar-refractivity contribution in [3.05, 3.63) is 29.8 Å². The average molecular weight is 243 g/mol. The molecule has 0 radical (unpaired) electrons. The molecule has 1 aromatic carbocycles. The molecule has 0 unspecified atom stereocenters. The number of hydrogen-bond donors (Lipinski definition) is 1. The van der Waals surface area contributed by atoms with Crippen molar-refractivity contribution in [3.63, 3.8) is 0 Å². The van der Waals surface area contributed by atoms with E-state index in [1.807, 2.05) is 0 Å². The molecule has 88 valence electrons. The zero-order valence-electron chi connectivity index (χ0n) is 8.84. The summed E-state index contributed by atoms with van der Waals surface area (Å²) in [5.41, 5.74) is 0.686. The monoisotopic (exact) mass is 243 g/mol. The van der Waals surface area contributed by atoms with E-state index in [0.717, 1.165) is 0 Å². The van der Waals surface area contributed by atoms with Gasteiger partial charge in [0.25, 0.3) is 0 Å². The smallest absolute Gasteiger partial charge is 0.310 e. The van der Waals surface area contributed by atoms with E-state index in [4.69, 9.17) is 9.88 Å². The molecule has 6 heteroatoms. The van der Waals surface area contributed by atoms with Crippen molar-refractivity contribution in [2.24, 2.45) is 5.14 Å². The Balaban J connectivity index is 2.76. The van der Waals surface area contributed by atoms with Gasteiger partial charge in [-0.25, -0.2) is 13.6 Å². The number of carbonyl (C=O) groups excluding carboxylic acids is 1. The fourth-order valence-electron chi connectivity index (χ4n) is 1.18. The molecule has 0 bridgehead atoms. The molecule has 1 rings (SSSR count). The van der Waals surface area contributed by atoms with Crippen LogP contribution in [0.3, 0.4) is 0 Å². The van der Waals surface area contributed by atoms with Gasteiger partial charge in [-0.15, -0.1) is 0 Å². The first-order chi connectivity index (χ1) is 7.43. The van der Waals surface area contributed by atoms with Crippen LogP contribution in [0.25, 0.3) is 0 Å². The molecule has 0 aliphatic heterocycles. The molecule has 0 spiro atoms. The van der Waals surface area contributed by atoms with Crippen molar-refractivity contribution in [1.29, 1.82) is 0 Å². The molecule has 0 saturated heterocycles. The lowest BCUT2D eigenvalue weighted by atomic mass is 10.1. The van der Waals surface area contributed by atoms with E-state index in [9.17, 15) is 13.2 Å². The van der Waals surface area contributed by atoms with Crippen molar-refractivity contribution in [3.8, 4) is 0 Å². The van der Waals surface area contributed by atoms with Crippen LogP contribution in [0.4, 0.5) is 0 Å². The number of ether oxygens (including phenoxy) is 1. The van der Waals surface area contributed by atoms with Crippen molar-refractivity contribution >= 4 is 16.0 Å². The van der Waals surface area contributed by atoms with Gasteiger partial charge in [-0.3, -0.25) is 4.79 Å². The Morgan fingerprint density at radius 1 is 1.31 bits per heavy atom. The highest BCUT2D eigenvalue weighted by molar-refractivity contribution is 7.89. The van der Waals surface area contributed by atoms with Gasteiger partial charge in [-0.2, -0.15) is 0 Å². The second-order valence-corrected chi connectivity index (χ2v) is 4.73. The number of rotatable bonds is 4. The van der Waals surface area contributed by atoms with E-state index < -0.39 is 10.0 Å². The van der Waals surface area contributed by atoms with E-state index in [-0.39, 0.29) is 17.3 Å². The topological polar surface area (TPSA) is 86.5 Å². The third-order valence-electron chi connectivity index (χ3n) is 1.91. The molecule has 0 aliphatic carbocycles. The third kappa shape index (κ3) is 3.63. The summed E-state index contributed by atoms with van der Waals surface area (Å²) < 4.78 is 26.7. The van der Waals surface area contributed by atoms with Gasteiger partial charge in [-0.05, 0) is 24.6 Å². The first-order valence-corrected chi connectivity index (χ1v) is 6.25. The molecule has 5 nitrogen and oxygen atoms in total. The summed E-state index contributed by atoms with van der Waals surface area (Å²) in [6.07, 6.45) is 0.124. The minimum absolute atomic E-state index is 0.0279. The van der Waals surface area contributed by atoms with Crippen molar-refractivity contribution in [2.45, 2.75) is 18.2 Å². The van der Waals surface area contributed by atoms with E-state index >= 15 is 0 Å². The SMILES string of the molecule is CCOC(=O)Cc1ccc(S(N)(=O)=O)cc1.